The Morgan fingerprint density at radius 2 is 2.00 bits per heavy atom. The molecule has 0 spiro atoms. The van der Waals surface area contributed by atoms with Gasteiger partial charge in [0.05, 0.1) is 11.7 Å². The Labute approximate surface area is 151 Å². The van der Waals surface area contributed by atoms with Crippen LogP contribution in [0.25, 0.3) is 0 Å². The number of pyridine rings is 1. The first-order valence-electron chi connectivity index (χ1n) is 10.1. The molecule has 0 aliphatic carbocycles. The lowest BCUT2D eigenvalue weighted by Crippen LogP contribution is -2.51. The summed E-state index contributed by atoms with van der Waals surface area (Å²) in [7, 11) is 0. The molecule has 2 amide bonds. The van der Waals surface area contributed by atoms with E-state index in [-0.39, 0.29) is 12.1 Å². The first-order chi connectivity index (χ1) is 12.2. The van der Waals surface area contributed by atoms with Crippen LogP contribution < -0.4 is 15.1 Å². The number of urea groups is 1. The van der Waals surface area contributed by atoms with Gasteiger partial charge in [0.2, 0.25) is 0 Å². The Bertz CT molecular complexity index is 589. The van der Waals surface area contributed by atoms with E-state index in [1.54, 1.807) is 0 Å². The van der Waals surface area contributed by atoms with Crippen molar-refractivity contribution in [1.29, 1.82) is 0 Å². The SMILES string of the molecule is CCCCCNC(=O)N1c2nc(CCCCC)ccc2N2CC[C@H]1C2. The predicted octanol–water partition coefficient (Wildman–Crippen LogP) is 4.11. The Morgan fingerprint density at radius 1 is 1.20 bits per heavy atom. The van der Waals surface area contributed by atoms with Crippen LogP contribution in [-0.4, -0.2) is 36.7 Å². The molecule has 5 nitrogen and oxygen atoms in total. The minimum atomic E-state index is 0.0297. The molecule has 2 aliphatic heterocycles. The number of fused-ring (bicyclic) bond motifs is 4. The van der Waals surface area contributed by atoms with Crippen molar-refractivity contribution in [3.63, 3.8) is 0 Å². The summed E-state index contributed by atoms with van der Waals surface area (Å²) in [6.45, 7) is 7.11. The lowest BCUT2D eigenvalue weighted by molar-refractivity contribution is 0.244. The third kappa shape index (κ3) is 4.07. The number of amides is 2. The van der Waals surface area contributed by atoms with Gasteiger partial charge < -0.3 is 10.2 Å². The van der Waals surface area contributed by atoms with E-state index in [2.05, 4.69) is 36.2 Å². The summed E-state index contributed by atoms with van der Waals surface area (Å²) in [5.74, 6) is 0.871. The van der Waals surface area contributed by atoms with Crippen LogP contribution in [0.5, 0.6) is 0 Å². The van der Waals surface area contributed by atoms with Crippen molar-refractivity contribution in [2.45, 2.75) is 71.3 Å². The topological polar surface area (TPSA) is 48.5 Å². The molecule has 3 heterocycles. The van der Waals surface area contributed by atoms with E-state index in [1.807, 2.05) is 4.90 Å². The number of unbranched alkanes of at least 4 members (excludes halogenated alkanes) is 4. The molecule has 2 bridgehead atoms. The van der Waals surface area contributed by atoms with Crippen LogP contribution in [0.2, 0.25) is 0 Å². The Hall–Kier alpha value is -1.78. The number of anilines is 2. The van der Waals surface area contributed by atoms with Gasteiger partial charge in [-0.3, -0.25) is 4.90 Å². The molecule has 0 saturated carbocycles. The number of nitrogens with one attached hydrogen (secondary N) is 1. The lowest BCUT2D eigenvalue weighted by atomic mass is 10.1. The number of aryl methyl sites for hydroxylation is 1. The maximum atomic E-state index is 12.8. The smallest absolute Gasteiger partial charge is 0.323 e. The molecule has 5 heteroatoms. The third-order valence-corrected chi connectivity index (χ3v) is 5.32. The molecule has 1 atom stereocenters. The highest BCUT2D eigenvalue weighted by Gasteiger charge is 2.40. The highest BCUT2D eigenvalue weighted by atomic mass is 16.2. The van der Waals surface area contributed by atoms with Crippen molar-refractivity contribution in [3.8, 4) is 0 Å². The first kappa shape index (κ1) is 18.0. The zero-order chi connectivity index (χ0) is 17.6. The predicted molar refractivity (Wildman–Crippen MR) is 103 cm³/mol. The average molecular weight is 345 g/mol. The summed E-state index contributed by atoms with van der Waals surface area (Å²) in [5.41, 5.74) is 2.23. The molecular weight excluding hydrogens is 312 g/mol. The Kier molecular flexibility index (Phi) is 6.16. The van der Waals surface area contributed by atoms with Gasteiger partial charge in [0.1, 0.15) is 0 Å². The summed E-state index contributed by atoms with van der Waals surface area (Å²) >= 11 is 0. The molecule has 3 rings (SSSR count). The summed E-state index contributed by atoms with van der Waals surface area (Å²) in [6, 6.07) is 4.60. The highest BCUT2D eigenvalue weighted by molar-refractivity contribution is 5.96. The van der Waals surface area contributed by atoms with Crippen molar-refractivity contribution in [2.24, 2.45) is 0 Å². The van der Waals surface area contributed by atoms with Crippen molar-refractivity contribution >= 4 is 17.5 Å². The van der Waals surface area contributed by atoms with Crippen LogP contribution in [-0.2, 0) is 6.42 Å². The van der Waals surface area contributed by atoms with Gasteiger partial charge in [0, 0.05) is 25.3 Å². The Morgan fingerprint density at radius 3 is 2.80 bits per heavy atom. The Balaban J connectivity index is 1.75. The zero-order valence-electron chi connectivity index (χ0n) is 15.8. The second-order valence-electron chi connectivity index (χ2n) is 7.30. The molecule has 0 radical (unpaired) electrons. The molecule has 1 aromatic heterocycles. The fraction of sp³-hybridized carbons (Fsp3) is 0.700. The largest absolute Gasteiger partial charge is 0.366 e. The fourth-order valence-electron chi connectivity index (χ4n) is 3.86. The van der Waals surface area contributed by atoms with E-state index < -0.39 is 0 Å². The van der Waals surface area contributed by atoms with Gasteiger partial charge in [-0.25, -0.2) is 9.78 Å². The number of hydrogen-bond acceptors (Lipinski definition) is 3. The molecule has 1 aromatic rings. The van der Waals surface area contributed by atoms with Gasteiger partial charge in [-0.2, -0.15) is 0 Å². The molecule has 138 valence electrons. The van der Waals surface area contributed by atoms with E-state index in [0.29, 0.717) is 0 Å². The van der Waals surface area contributed by atoms with Crippen molar-refractivity contribution in [1.82, 2.24) is 10.3 Å². The number of rotatable bonds is 8. The van der Waals surface area contributed by atoms with E-state index in [0.717, 1.165) is 62.5 Å². The monoisotopic (exact) mass is 344 g/mol. The third-order valence-electron chi connectivity index (χ3n) is 5.32. The fourth-order valence-corrected chi connectivity index (χ4v) is 3.86. The molecule has 1 saturated heterocycles. The average Bonchev–Trinajstić information content (AvgIpc) is 3.03. The van der Waals surface area contributed by atoms with Gasteiger partial charge in [0.15, 0.2) is 5.82 Å². The summed E-state index contributed by atoms with van der Waals surface area (Å²) in [6.07, 6.45) is 9.02. The van der Waals surface area contributed by atoms with Crippen molar-refractivity contribution in [3.05, 3.63) is 17.8 Å². The van der Waals surface area contributed by atoms with Crippen LogP contribution in [0, 0.1) is 0 Å². The molecule has 2 aliphatic rings. The van der Waals surface area contributed by atoms with Crippen LogP contribution in [0.1, 0.15) is 64.5 Å². The normalized spacial score (nSPS) is 18.4. The minimum Gasteiger partial charge on any atom is -0.366 e. The van der Waals surface area contributed by atoms with E-state index in [4.69, 9.17) is 4.98 Å². The standard InChI is InChI=1S/C20H32N4O/c1-3-5-7-9-16-10-11-18-19(22-16)24(17-12-14-23(18)15-17)20(25)21-13-8-6-4-2/h10-11,17H,3-9,12-15H2,1-2H3,(H,21,25)/t17-/m0/s1. The maximum absolute atomic E-state index is 12.8. The van der Waals surface area contributed by atoms with Gasteiger partial charge >= 0.3 is 6.03 Å². The summed E-state index contributed by atoms with van der Waals surface area (Å²) in [4.78, 5) is 22.1. The summed E-state index contributed by atoms with van der Waals surface area (Å²) < 4.78 is 0. The zero-order valence-corrected chi connectivity index (χ0v) is 15.8. The van der Waals surface area contributed by atoms with Crippen LogP contribution >= 0.6 is 0 Å². The second kappa shape index (κ2) is 8.54. The molecule has 0 aromatic carbocycles. The number of aromatic nitrogens is 1. The molecule has 1 fully saturated rings. The number of hydrogen-bond donors (Lipinski definition) is 1. The van der Waals surface area contributed by atoms with Gasteiger partial charge in [0.25, 0.3) is 0 Å². The first-order valence-corrected chi connectivity index (χ1v) is 10.1. The van der Waals surface area contributed by atoms with Gasteiger partial charge in [-0.1, -0.05) is 39.5 Å². The van der Waals surface area contributed by atoms with Crippen molar-refractivity contribution in [2.75, 3.05) is 29.4 Å². The van der Waals surface area contributed by atoms with Crippen LogP contribution in [0.4, 0.5) is 16.3 Å². The minimum absolute atomic E-state index is 0.0297. The van der Waals surface area contributed by atoms with Crippen LogP contribution in [0.3, 0.4) is 0 Å². The molecular formula is C20H32N4O. The maximum Gasteiger partial charge on any atom is 0.323 e. The summed E-state index contributed by atoms with van der Waals surface area (Å²) in [5, 5.41) is 3.11. The number of nitrogens with zero attached hydrogens (tertiary/aromatic N) is 3. The second-order valence-corrected chi connectivity index (χ2v) is 7.30. The molecule has 1 N–H and O–H groups in total. The number of carbonyl (C=O) groups excluding carboxylic acids is 1. The highest BCUT2D eigenvalue weighted by Crippen LogP contribution is 2.38. The van der Waals surface area contributed by atoms with Gasteiger partial charge in [-0.05, 0) is 37.8 Å². The van der Waals surface area contributed by atoms with Gasteiger partial charge in [-0.15, -0.1) is 0 Å². The van der Waals surface area contributed by atoms with Crippen molar-refractivity contribution < 1.29 is 4.79 Å². The van der Waals surface area contributed by atoms with E-state index in [9.17, 15) is 4.79 Å². The van der Waals surface area contributed by atoms with E-state index in [1.165, 1.54) is 25.7 Å². The quantitative estimate of drug-likeness (QED) is 0.722. The lowest BCUT2D eigenvalue weighted by Gasteiger charge is -2.36. The number of carbonyl (C=O) groups is 1. The molecule has 0 unspecified atom stereocenters. The van der Waals surface area contributed by atoms with Crippen LogP contribution in [0.15, 0.2) is 12.1 Å². The molecule has 25 heavy (non-hydrogen) atoms. The van der Waals surface area contributed by atoms with E-state index >= 15 is 0 Å².